The first-order valence-corrected chi connectivity index (χ1v) is 10.9. The normalized spacial score (nSPS) is 11.6. The van der Waals surface area contributed by atoms with Crippen LogP contribution in [-0.4, -0.2) is 44.3 Å². The molecule has 3 N–H and O–H groups in total. The molecule has 36 heavy (non-hydrogen) atoms. The molecule has 0 aliphatic rings. The largest absolute Gasteiger partial charge is 0.478 e. The number of nitrogens with zero attached hydrogens (tertiary/aromatic N) is 2. The van der Waals surface area contributed by atoms with Crippen molar-refractivity contribution in [2.45, 2.75) is 26.4 Å². The number of rotatable bonds is 7. The monoisotopic (exact) mass is 497 g/mol. The van der Waals surface area contributed by atoms with E-state index in [1.54, 1.807) is 61.0 Å². The molecule has 0 fully saturated rings. The van der Waals surface area contributed by atoms with Crippen molar-refractivity contribution in [3.05, 3.63) is 77.1 Å². The van der Waals surface area contributed by atoms with Gasteiger partial charge in [-0.1, -0.05) is 18.2 Å². The maximum absolute atomic E-state index is 12.8. The van der Waals surface area contributed by atoms with Gasteiger partial charge in [0.2, 0.25) is 0 Å². The number of aromatic carboxylic acids is 2. The van der Waals surface area contributed by atoms with E-state index in [1.165, 1.54) is 12.1 Å². The number of carboxylic acids is 2. The molecule has 2 heterocycles. The summed E-state index contributed by atoms with van der Waals surface area (Å²) in [6, 6.07) is 11.4. The number of imidazole rings is 1. The lowest BCUT2D eigenvalue weighted by molar-refractivity contribution is -0.131. The number of halogens is 3. The van der Waals surface area contributed by atoms with Gasteiger partial charge in [-0.05, 0) is 54.8 Å². The first-order valence-electron chi connectivity index (χ1n) is 10.9. The molecule has 2 aromatic heterocycles. The Morgan fingerprint density at radius 1 is 0.917 bits per heavy atom. The van der Waals surface area contributed by atoms with E-state index >= 15 is 0 Å². The molecule has 0 aliphatic heterocycles. The zero-order valence-corrected chi connectivity index (χ0v) is 19.3. The summed E-state index contributed by atoms with van der Waals surface area (Å²) in [6.45, 7) is 3.00. The van der Waals surface area contributed by atoms with Gasteiger partial charge in [0.25, 0.3) is 0 Å². The quantitative estimate of drug-likeness (QED) is 0.287. The Kier molecular flexibility index (Phi) is 6.45. The molecule has 0 spiro atoms. The summed E-state index contributed by atoms with van der Waals surface area (Å²) in [5, 5.41) is 21.5. The molecule has 0 saturated heterocycles. The van der Waals surface area contributed by atoms with Gasteiger partial charge in [0, 0.05) is 23.9 Å². The van der Waals surface area contributed by atoms with E-state index in [1.807, 2.05) is 0 Å². The summed E-state index contributed by atoms with van der Waals surface area (Å²) < 4.78 is 40.0. The summed E-state index contributed by atoms with van der Waals surface area (Å²) >= 11 is 0. The van der Waals surface area contributed by atoms with Crippen LogP contribution >= 0.6 is 0 Å². The second kappa shape index (κ2) is 9.37. The van der Waals surface area contributed by atoms with Crippen LogP contribution in [0.2, 0.25) is 0 Å². The molecular weight excluding hydrogens is 475 g/mol. The van der Waals surface area contributed by atoms with Crippen LogP contribution in [0.5, 0.6) is 0 Å². The molecular formula is C26H22F3N3O4. The van der Waals surface area contributed by atoms with Crippen LogP contribution in [0, 0.1) is 13.8 Å². The number of aromatic nitrogens is 2. The van der Waals surface area contributed by atoms with Gasteiger partial charge in [0.15, 0.2) is 5.65 Å². The molecule has 10 heteroatoms. The van der Waals surface area contributed by atoms with Gasteiger partial charge < -0.3 is 15.5 Å². The fraction of sp³-hybridized carbons (Fsp3) is 0.192. The van der Waals surface area contributed by atoms with E-state index in [0.717, 1.165) is 0 Å². The molecule has 0 atom stereocenters. The number of hydrogen-bond acceptors (Lipinski definition) is 4. The fourth-order valence-corrected chi connectivity index (χ4v) is 4.07. The third kappa shape index (κ3) is 5.02. The van der Waals surface area contributed by atoms with Crippen molar-refractivity contribution in [1.82, 2.24) is 9.38 Å². The minimum Gasteiger partial charge on any atom is -0.478 e. The number of fused-ring (bicyclic) bond motifs is 1. The maximum atomic E-state index is 12.8. The third-order valence-corrected chi connectivity index (χ3v) is 5.87. The standard InChI is InChI=1S/C26H22F3N3O4/c1-14-9-16(3-5-19(14)24(33)34)18-11-21(30-8-7-26(27,28)29)23-31-12-22(32(23)13-18)17-4-6-20(25(35)36)15(2)10-17/h3-6,9-13,30H,7-8H2,1-2H3,(H,33,34)(H,35,36). The lowest BCUT2D eigenvalue weighted by atomic mass is 10.0. The van der Waals surface area contributed by atoms with Gasteiger partial charge in [0.05, 0.1) is 35.1 Å². The van der Waals surface area contributed by atoms with Gasteiger partial charge >= 0.3 is 18.1 Å². The number of hydrogen-bond donors (Lipinski definition) is 3. The van der Waals surface area contributed by atoms with E-state index in [9.17, 15) is 33.0 Å². The van der Waals surface area contributed by atoms with E-state index in [0.29, 0.717) is 44.8 Å². The Morgan fingerprint density at radius 3 is 2.06 bits per heavy atom. The molecule has 0 amide bonds. The molecule has 2 aromatic carbocycles. The predicted molar refractivity (Wildman–Crippen MR) is 129 cm³/mol. The Balaban J connectivity index is 1.86. The van der Waals surface area contributed by atoms with Gasteiger partial charge in [-0.3, -0.25) is 4.40 Å². The lowest BCUT2D eigenvalue weighted by Crippen LogP contribution is -2.15. The van der Waals surface area contributed by atoms with Crippen molar-refractivity contribution in [2.24, 2.45) is 0 Å². The summed E-state index contributed by atoms with van der Waals surface area (Å²) in [5.74, 6) is -2.10. The second-order valence-corrected chi connectivity index (χ2v) is 8.44. The number of benzene rings is 2. The van der Waals surface area contributed by atoms with Crippen LogP contribution in [0.4, 0.5) is 18.9 Å². The lowest BCUT2D eigenvalue weighted by Gasteiger charge is -2.14. The van der Waals surface area contributed by atoms with Crippen LogP contribution in [0.25, 0.3) is 28.0 Å². The first-order chi connectivity index (χ1) is 16.9. The Labute approximate surface area is 203 Å². The van der Waals surface area contributed by atoms with Crippen molar-refractivity contribution >= 4 is 23.3 Å². The number of carbonyl (C=O) groups is 2. The molecule has 0 saturated carbocycles. The molecule has 0 aliphatic carbocycles. The molecule has 0 radical (unpaired) electrons. The Bertz CT molecular complexity index is 1490. The molecule has 186 valence electrons. The van der Waals surface area contributed by atoms with Crippen molar-refractivity contribution < 1.29 is 33.0 Å². The van der Waals surface area contributed by atoms with Crippen LogP contribution in [-0.2, 0) is 0 Å². The van der Waals surface area contributed by atoms with E-state index in [4.69, 9.17) is 0 Å². The SMILES string of the molecule is Cc1cc(-c2cc(NCCC(F)(F)F)c3ncc(-c4ccc(C(=O)O)c(C)c4)n3c2)ccc1C(=O)O. The predicted octanol–water partition coefficient (Wildman–Crippen LogP) is 6.05. The summed E-state index contributed by atoms with van der Waals surface area (Å²) in [5.41, 5.74) is 4.79. The zero-order valence-electron chi connectivity index (χ0n) is 19.3. The van der Waals surface area contributed by atoms with Crippen molar-refractivity contribution in [1.29, 1.82) is 0 Å². The molecule has 0 unspecified atom stereocenters. The van der Waals surface area contributed by atoms with E-state index in [2.05, 4.69) is 10.3 Å². The van der Waals surface area contributed by atoms with Crippen LogP contribution in [0.15, 0.2) is 54.9 Å². The van der Waals surface area contributed by atoms with Gasteiger partial charge in [-0.25, -0.2) is 14.6 Å². The minimum atomic E-state index is -4.32. The highest BCUT2D eigenvalue weighted by Gasteiger charge is 2.26. The number of carboxylic acid groups (broad SMARTS) is 2. The van der Waals surface area contributed by atoms with Crippen LogP contribution < -0.4 is 5.32 Å². The summed E-state index contributed by atoms with van der Waals surface area (Å²) in [7, 11) is 0. The minimum absolute atomic E-state index is 0.153. The summed E-state index contributed by atoms with van der Waals surface area (Å²) in [4.78, 5) is 27.2. The number of nitrogens with one attached hydrogen (secondary N) is 1. The Hall–Kier alpha value is -4.34. The number of anilines is 1. The average Bonchev–Trinajstić information content (AvgIpc) is 3.21. The number of aryl methyl sites for hydroxylation is 2. The maximum Gasteiger partial charge on any atom is 0.390 e. The average molecular weight is 497 g/mol. The van der Waals surface area contributed by atoms with Crippen LogP contribution in [0.3, 0.4) is 0 Å². The van der Waals surface area contributed by atoms with Crippen molar-refractivity contribution in [2.75, 3.05) is 11.9 Å². The molecule has 4 aromatic rings. The highest BCUT2D eigenvalue weighted by Crippen LogP contribution is 2.32. The highest BCUT2D eigenvalue weighted by molar-refractivity contribution is 5.91. The Morgan fingerprint density at radius 2 is 1.50 bits per heavy atom. The third-order valence-electron chi connectivity index (χ3n) is 5.87. The summed E-state index contributed by atoms with van der Waals surface area (Å²) in [6.07, 6.45) is -2.02. The second-order valence-electron chi connectivity index (χ2n) is 8.44. The zero-order chi connectivity index (χ0) is 26.2. The van der Waals surface area contributed by atoms with Crippen molar-refractivity contribution in [3.8, 4) is 22.4 Å². The van der Waals surface area contributed by atoms with Gasteiger partial charge in [0.1, 0.15) is 0 Å². The first kappa shape index (κ1) is 24.8. The van der Waals surface area contributed by atoms with Crippen LogP contribution in [0.1, 0.15) is 38.3 Å². The fourth-order valence-electron chi connectivity index (χ4n) is 4.07. The topological polar surface area (TPSA) is 104 Å². The number of alkyl halides is 3. The van der Waals surface area contributed by atoms with Gasteiger partial charge in [-0.15, -0.1) is 0 Å². The van der Waals surface area contributed by atoms with Gasteiger partial charge in [-0.2, -0.15) is 13.2 Å². The molecule has 4 rings (SSSR count). The van der Waals surface area contributed by atoms with Crippen molar-refractivity contribution in [3.63, 3.8) is 0 Å². The number of pyridine rings is 1. The molecule has 7 nitrogen and oxygen atoms in total. The van der Waals surface area contributed by atoms with E-state index < -0.39 is 24.5 Å². The molecule has 0 bridgehead atoms. The van der Waals surface area contributed by atoms with E-state index in [-0.39, 0.29) is 17.7 Å². The highest BCUT2D eigenvalue weighted by atomic mass is 19.4. The smallest absolute Gasteiger partial charge is 0.390 e.